The Morgan fingerprint density at radius 2 is 1.57 bits per heavy atom. The lowest BCUT2D eigenvalue weighted by Gasteiger charge is -2.26. The van der Waals surface area contributed by atoms with E-state index in [0.717, 1.165) is 5.56 Å². The molecule has 1 aliphatic rings. The molecule has 3 rings (SSSR count). The molecule has 7 nitrogen and oxygen atoms in total. The summed E-state index contributed by atoms with van der Waals surface area (Å²) in [6.45, 7) is 9.55. The Bertz CT molecular complexity index is 1060. The number of likely N-dealkylation sites (N-methyl/N-ethyl adjacent to an activating group) is 1. The van der Waals surface area contributed by atoms with Gasteiger partial charge in [0.1, 0.15) is 17.3 Å². The van der Waals surface area contributed by atoms with E-state index in [-0.39, 0.29) is 17.4 Å². The number of amides is 1. The van der Waals surface area contributed by atoms with Gasteiger partial charge in [0.05, 0.1) is 24.3 Å². The van der Waals surface area contributed by atoms with Gasteiger partial charge in [0.25, 0.3) is 11.7 Å². The first-order valence-electron chi connectivity index (χ1n) is 12.0. The largest absolute Gasteiger partial charge is 0.507 e. The molecule has 2 aromatic carbocycles. The summed E-state index contributed by atoms with van der Waals surface area (Å²) >= 11 is 0. The minimum Gasteiger partial charge on any atom is -0.507 e. The summed E-state index contributed by atoms with van der Waals surface area (Å²) < 4.78 is 11.5. The number of aliphatic hydroxyl groups excluding tert-OH is 1. The highest BCUT2D eigenvalue weighted by Crippen LogP contribution is 2.40. The third-order valence-corrected chi connectivity index (χ3v) is 5.61. The smallest absolute Gasteiger partial charge is 0.295 e. The van der Waals surface area contributed by atoms with Gasteiger partial charge in [0.15, 0.2) is 0 Å². The van der Waals surface area contributed by atoms with Gasteiger partial charge in [-0.1, -0.05) is 26.0 Å². The number of ether oxygens (including phenoxy) is 2. The number of nitrogens with zero attached hydrogens (tertiary/aromatic N) is 2. The van der Waals surface area contributed by atoms with Crippen molar-refractivity contribution >= 4 is 17.4 Å². The van der Waals surface area contributed by atoms with Crippen LogP contribution in [0.5, 0.6) is 11.5 Å². The number of carbonyl (C=O) groups is 2. The zero-order valence-corrected chi connectivity index (χ0v) is 21.4. The number of ketones is 1. The molecule has 1 unspecified atom stereocenters. The maximum atomic E-state index is 13.1. The van der Waals surface area contributed by atoms with E-state index >= 15 is 0 Å². The maximum Gasteiger partial charge on any atom is 0.295 e. The molecule has 1 heterocycles. The van der Waals surface area contributed by atoms with Gasteiger partial charge in [-0.25, -0.2) is 0 Å². The van der Waals surface area contributed by atoms with Crippen LogP contribution < -0.4 is 9.47 Å². The van der Waals surface area contributed by atoms with Crippen molar-refractivity contribution in [1.82, 2.24) is 9.80 Å². The quantitative estimate of drug-likeness (QED) is 0.307. The van der Waals surface area contributed by atoms with Gasteiger partial charge in [0, 0.05) is 18.7 Å². The van der Waals surface area contributed by atoms with Crippen LogP contribution in [-0.4, -0.2) is 66.5 Å². The average molecular weight is 481 g/mol. The molecule has 0 aliphatic carbocycles. The van der Waals surface area contributed by atoms with Crippen molar-refractivity contribution in [3.8, 4) is 11.5 Å². The normalized spacial score (nSPS) is 17.6. The van der Waals surface area contributed by atoms with Crippen LogP contribution in [0.2, 0.25) is 0 Å². The number of rotatable bonds is 10. The first-order valence-corrected chi connectivity index (χ1v) is 12.0. The Balaban J connectivity index is 2.01. The highest BCUT2D eigenvalue weighted by molar-refractivity contribution is 6.46. The van der Waals surface area contributed by atoms with Gasteiger partial charge in [-0.15, -0.1) is 0 Å². The van der Waals surface area contributed by atoms with E-state index in [9.17, 15) is 14.7 Å². The summed E-state index contributed by atoms with van der Waals surface area (Å²) in [5.74, 6) is 0.272. The van der Waals surface area contributed by atoms with Gasteiger partial charge in [-0.2, -0.15) is 0 Å². The van der Waals surface area contributed by atoms with Crippen LogP contribution in [0.25, 0.3) is 5.76 Å². The molecule has 35 heavy (non-hydrogen) atoms. The first-order chi connectivity index (χ1) is 16.6. The van der Waals surface area contributed by atoms with E-state index in [1.54, 1.807) is 24.3 Å². The molecular weight excluding hydrogens is 444 g/mol. The van der Waals surface area contributed by atoms with Crippen LogP contribution in [0.4, 0.5) is 0 Å². The lowest BCUT2D eigenvalue weighted by Crippen LogP contribution is -2.35. The number of aliphatic hydroxyl groups is 1. The Morgan fingerprint density at radius 1 is 0.971 bits per heavy atom. The second kappa shape index (κ2) is 11.4. The summed E-state index contributed by atoms with van der Waals surface area (Å²) in [5, 5.41) is 11.2. The highest BCUT2D eigenvalue weighted by atomic mass is 16.5. The fraction of sp³-hybridized carbons (Fsp3) is 0.429. The van der Waals surface area contributed by atoms with Crippen LogP contribution in [0, 0.1) is 5.92 Å². The van der Waals surface area contributed by atoms with E-state index in [1.807, 2.05) is 57.1 Å². The van der Waals surface area contributed by atoms with Gasteiger partial charge in [0.2, 0.25) is 0 Å². The summed E-state index contributed by atoms with van der Waals surface area (Å²) in [6, 6.07) is 13.5. The summed E-state index contributed by atoms with van der Waals surface area (Å²) in [4.78, 5) is 29.7. The lowest BCUT2D eigenvalue weighted by molar-refractivity contribution is -0.140. The summed E-state index contributed by atoms with van der Waals surface area (Å²) in [5.41, 5.74) is 1.27. The van der Waals surface area contributed by atoms with E-state index < -0.39 is 17.7 Å². The minimum atomic E-state index is -0.695. The Kier molecular flexibility index (Phi) is 8.57. The molecule has 2 aromatic rings. The third-order valence-electron chi connectivity index (χ3n) is 5.61. The number of benzene rings is 2. The van der Waals surface area contributed by atoms with Crippen LogP contribution in [0.3, 0.4) is 0 Å². The van der Waals surface area contributed by atoms with Crippen LogP contribution in [0.15, 0.2) is 54.1 Å². The number of likely N-dealkylation sites (tertiary alicyclic amines) is 1. The Labute approximate surface area is 207 Å². The fourth-order valence-electron chi connectivity index (χ4n) is 3.89. The molecular formula is C28H36N2O5. The molecule has 1 saturated heterocycles. The van der Waals surface area contributed by atoms with Crippen molar-refractivity contribution in [3.63, 3.8) is 0 Å². The Hall–Kier alpha value is -3.32. The Morgan fingerprint density at radius 3 is 2.11 bits per heavy atom. The van der Waals surface area contributed by atoms with Crippen molar-refractivity contribution in [3.05, 3.63) is 65.2 Å². The molecule has 7 heteroatoms. The second-order valence-corrected chi connectivity index (χ2v) is 9.76. The molecule has 0 radical (unpaired) electrons. The average Bonchev–Trinajstić information content (AvgIpc) is 3.06. The van der Waals surface area contributed by atoms with E-state index in [0.29, 0.717) is 42.7 Å². The molecule has 0 aromatic heterocycles. The number of hydrogen-bond donors (Lipinski definition) is 1. The van der Waals surface area contributed by atoms with Crippen molar-refractivity contribution in [2.45, 2.75) is 39.8 Å². The highest BCUT2D eigenvalue weighted by Gasteiger charge is 2.45. The number of Topliss-reactive ketones (excluding diaryl/α,β-unsaturated/α-hetero) is 1. The van der Waals surface area contributed by atoms with Crippen molar-refractivity contribution in [2.75, 3.05) is 33.8 Å². The van der Waals surface area contributed by atoms with Gasteiger partial charge in [-0.05, 0) is 75.8 Å². The molecule has 188 valence electrons. The van der Waals surface area contributed by atoms with E-state index in [2.05, 4.69) is 13.8 Å². The second-order valence-electron chi connectivity index (χ2n) is 9.76. The molecule has 0 spiro atoms. The van der Waals surface area contributed by atoms with Crippen LogP contribution >= 0.6 is 0 Å². The summed E-state index contributed by atoms with van der Waals surface area (Å²) in [7, 11) is 3.82. The standard InChI is InChI=1S/C28H36N2O5/c1-18(2)17-34-22-11-9-21(10-12-22)26(31)24-25(20-7-13-23(14-8-20)35-19(3)4)30(16-15-29(5)6)28(33)27(24)32/h7-14,18-19,25,31H,15-17H2,1-6H3/b26-24-. The van der Waals surface area contributed by atoms with Crippen molar-refractivity contribution < 1.29 is 24.2 Å². The first kappa shape index (κ1) is 26.3. The maximum absolute atomic E-state index is 13.1. The molecule has 0 saturated carbocycles. The van der Waals surface area contributed by atoms with Crippen LogP contribution in [-0.2, 0) is 9.59 Å². The molecule has 1 N–H and O–H groups in total. The van der Waals surface area contributed by atoms with Crippen LogP contribution in [0.1, 0.15) is 44.9 Å². The van der Waals surface area contributed by atoms with Gasteiger partial charge in [-0.3, -0.25) is 9.59 Å². The zero-order valence-electron chi connectivity index (χ0n) is 21.4. The molecule has 1 atom stereocenters. The summed E-state index contributed by atoms with van der Waals surface area (Å²) in [6.07, 6.45) is 0.0269. The van der Waals surface area contributed by atoms with Gasteiger partial charge >= 0.3 is 0 Å². The SMILES string of the molecule is CC(C)COc1ccc(/C(O)=C2/C(=O)C(=O)N(CCN(C)C)C2c2ccc(OC(C)C)cc2)cc1. The van der Waals surface area contributed by atoms with Gasteiger partial charge < -0.3 is 24.4 Å². The monoisotopic (exact) mass is 480 g/mol. The topological polar surface area (TPSA) is 79.3 Å². The predicted octanol–water partition coefficient (Wildman–Crippen LogP) is 4.49. The van der Waals surface area contributed by atoms with E-state index in [4.69, 9.17) is 9.47 Å². The van der Waals surface area contributed by atoms with Crippen molar-refractivity contribution in [1.29, 1.82) is 0 Å². The molecule has 1 amide bonds. The minimum absolute atomic E-state index is 0.0269. The molecule has 0 bridgehead atoms. The lowest BCUT2D eigenvalue weighted by atomic mass is 9.95. The van der Waals surface area contributed by atoms with Crippen molar-refractivity contribution in [2.24, 2.45) is 5.92 Å². The number of hydrogen-bond acceptors (Lipinski definition) is 6. The predicted molar refractivity (Wildman–Crippen MR) is 137 cm³/mol. The third kappa shape index (κ3) is 6.42. The number of carbonyl (C=O) groups excluding carboxylic acids is 2. The molecule has 1 fully saturated rings. The van der Waals surface area contributed by atoms with E-state index in [1.165, 1.54) is 4.90 Å². The molecule has 1 aliphatic heterocycles. The fourth-order valence-corrected chi connectivity index (χ4v) is 3.89. The zero-order chi connectivity index (χ0) is 25.7.